The Morgan fingerprint density at radius 1 is 1.44 bits per heavy atom. The second kappa shape index (κ2) is 8.45. The monoisotopic (exact) mass is 258 g/mol. The Bertz CT molecular complexity index is 240. The third kappa shape index (κ3) is 5.80. The van der Waals surface area contributed by atoms with Crippen LogP contribution in [0.3, 0.4) is 0 Å². The van der Waals surface area contributed by atoms with Gasteiger partial charge in [-0.2, -0.15) is 0 Å². The quantitative estimate of drug-likeness (QED) is 0.658. The lowest BCUT2D eigenvalue weighted by Crippen LogP contribution is -2.44. The number of nitrogens with one attached hydrogen (secondary N) is 1. The van der Waals surface area contributed by atoms with Crippen LogP contribution < -0.4 is 11.1 Å². The number of carbonyl (C=O) groups excluding carboxylic acids is 1. The molecule has 5 heteroatoms. The molecule has 1 fully saturated rings. The number of rotatable bonds is 7. The Morgan fingerprint density at radius 2 is 2.11 bits per heavy atom. The summed E-state index contributed by atoms with van der Waals surface area (Å²) < 4.78 is 11.0. The SMILES string of the molecule is CC(C)[C@H](N)C(=O)NCCCOC1CCOCC1. The van der Waals surface area contributed by atoms with Gasteiger partial charge in [0, 0.05) is 26.4 Å². The number of ether oxygens (including phenoxy) is 2. The van der Waals surface area contributed by atoms with Gasteiger partial charge in [-0.15, -0.1) is 0 Å². The molecule has 0 unspecified atom stereocenters. The molecule has 1 saturated heterocycles. The molecule has 0 saturated carbocycles. The van der Waals surface area contributed by atoms with Crippen LogP contribution in [0.15, 0.2) is 0 Å². The molecule has 18 heavy (non-hydrogen) atoms. The number of carbonyl (C=O) groups is 1. The van der Waals surface area contributed by atoms with Gasteiger partial charge < -0.3 is 20.5 Å². The molecule has 3 N–H and O–H groups in total. The molecule has 1 atom stereocenters. The molecule has 0 aromatic rings. The average Bonchev–Trinajstić information content (AvgIpc) is 2.38. The maximum Gasteiger partial charge on any atom is 0.237 e. The summed E-state index contributed by atoms with van der Waals surface area (Å²) in [5.74, 6) is 0.0968. The van der Waals surface area contributed by atoms with Gasteiger partial charge in [0.2, 0.25) is 5.91 Å². The Balaban J connectivity index is 1.99. The van der Waals surface area contributed by atoms with Crippen LogP contribution in [0.4, 0.5) is 0 Å². The van der Waals surface area contributed by atoms with Crippen LogP contribution in [0.2, 0.25) is 0 Å². The summed E-state index contributed by atoms with van der Waals surface area (Å²) in [6, 6.07) is -0.415. The van der Waals surface area contributed by atoms with E-state index in [0.717, 1.165) is 32.5 Å². The molecule has 1 aliphatic heterocycles. The lowest BCUT2D eigenvalue weighted by atomic mass is 10.1. The zero-order valence-corrected chi connectivity index (χ0v) is 11.5. The molecule has 0 radical (unpaired) electrons. The normalized spacial score (nSPS) is 18.9. The largest absolute Gasteiger partial charge is 0.381 e. The second-order valence-corrected chi connectivity index (χ2v) is 5.10. The van der Waals surface area contributed by atoms with E-state index in [9.17, 15) is 4.79 Å². The van der Waals surface area contributed by atoms with Crippen LogP contribution in [0.1, 0.15) is 33.1 Å². The van der Waals surface area contributed by atoms with E-state index in [1.165, 1.54) is 0 Å². The van der Waals surface area contributed by atoms with Gasteiger partial charge in [0.05, 0.1) is 12.1 Å². The van der Waals surface area contributed by atoms with E-state index in [1.54, 1.807) is 0 Å². The summed E-state index contributed by atoms with van der Waals surface area (Å²) >= 11 is 0. The van der Waals surface area contributed by atoms with Crippen LogP contribution in [-0.4, -0.2) is 44.4 Å². The standard InChI is InChI=1S/C13H26N2O3/c1-10(2)12(14)13(16)15-6-3-7-18-11-4-8-17-9-5-11/h10-12H,3-9,14H2,1-2H3,(H,15,16)/t12-/m0/s1. The fourth-order valence-corrected chi connectivity index (χ4v) is 1.80. The molecule has 0 aliphatic carbocycles. The van der Waals surface area contributed by atoms with Crippen molar-refractivity contribution in [1.29, 1.82) is 0 Å². The highest BCUT2D eigenvalue weighted by Crippen LogP contribution is 2.10. The van der Waals surface area contributed by atoms with Crippen molar-refractivity contribution in [2.24, 2.45) is 11.7 Å². The van der Waals surface area contributed by atoms with E-state index < -0.39 is 6.04 Å². The Labute approximate surface area is 109 Å². The fourth-order valence-electron chi connectivity index (χ4n) is 1.80. The van der Waals surface area contributed by atoms with Crippen LogP contribution in [-0.2, 0) is 14.3 Å². The summed E-state index contributed by atoms with van der Waals surface area (Å²) in [5, 5.41) is 2.83. The van der Waals surface area contributed by atoms with Crippen molar-refractivity contribution < 1.29 is 14.3 Å². The van der Waals surface area contributed by atoms with Crippen molar-refractivity contribution in [2.75, 3.05) is 26.4 Å². The maximum absolute atomic E-state index is 11.6. The Morgan fingerprint density at radius 3 is 2.72 bits per heavy atom. The third-order valence-electron chi connectivity index (χ3n) is 3.16. The highest BCUT2D eigenvalue weighted by molar-refractivity contribution is 5.81. The minimum Gasteiger partial charge on any atom is -0.381 e. The molecule has 0 spiro atoms. The van der Waals surface area contributed by atoms with Gasteiger partial charge in [-0.3, -0.25) is 4.79 Å². The molecule has 0 aromatic heterocycles. The van der Waals surface area contributed by atoms with Crippen LogP contribution in [0.5, 0.6) is 0 Å². The van der Waals surface area contributed by atoms with Crippen LogP contribution in [0, 0.1) is 5.92 Å². The predicted octanol–water partition coefficient (Wildman–Crippen LogP) is 0.672. The number of hydrogen-bond donors (Lipinski definition) is 2. The van der Waals surface area contributed by atoms with Gasteiger partial charge in [-0.25, -0.2) is 0 Å². The summed E-state index contributed by atoms with van der Waals surface area (Å²) in [4.78, 5) is 11.6. The molecule has 1 rings (SSSR count). The van der Waals surface area contributed by atoms with E-state index in [4.69, 9.17) is 15.2 Å². The highest BCUT2D eigenvalue weighted by Gasteiger charge is 2.16. The van der Waals surface area contributed by atoms with E-state index >= 15 is 0 Å². The van der Waals surface area contributed by atoms with Crippen LogP contribution >= 0.6 is 0 Å². The smallest absolute Gasteiger partial charge is 0.237 e. The first-order chi connectivity index (χ1) is 8.61. The molecule has 5 nitrogen and oxygen atoms in total. The number of amides is 1. The Kier molecular flexibility index (Phi) is 7.23. The van der Waals surface area contributed by atoms with Crippen LogP contribution in [0.25, 0.3) is 0 Å². The topological polar surface area (TPSA) is 73.6 Å². The molecular weight excluding hydrogens is 232 g/mol. The summed E-state index contributed by atoms with van der Waals surface area (Å²) in [6.45, 7) is 6.79. The number of hydrogen-bond acceptors (Lipinski definition) is 4. The molecular formula is C13H26N2O3. The minimum absolute atomic E-state index is 0.0731. The Hall–Kier alpha value is -0.650. The van der Waals surface area contributed by atoms with Gasteiger partial charge in [0.25, 0.3) is 0 Å². The zero-order valence-electron chi connectivity index (χ0n) is 11.5. The third-order valence-corrected chi connectivity index (χ3v) is 3.16. The van der Waals surface area contributed by atoms with E-state index in [-0.39, 0.29) is 11.8 Å². The molecule has 1 aliphatic rings. The molecule has 1 heterocycles. The van der Waals surface area contributed by atoms with Crippen molar-refractivity contribution in [1.82, 2.24) is 5.32 Å². The average molecular weight is 258 g/mol. The summed E-state index contributed by atoms with van der Waals surface area (Å²) in [5.41, 5.74) is 5.73. The van der Waals surface area contributed by atoms with E-state index in [2.05, 4.69) is 5.32 Å². The van der Waals surface area contributed by atoms with Gasteiger partial charge in [-0.1, -0.05) is 13.8 Å². The van der Waals surface area contributed by atoms with Gasteiger partial charge in [-0.05, 0) is 25.2 Å². The fraction of sp³-hybridized carbons (Fsp3) is 0.923. The van der Waals surface area contributed by atoms with Gasteiger partial charge in [0.15, 0.2) is 0 Å². The second-order valence-electron chi connectivity index (χ2n) is 5.10. The lowest BCUT2D eigenvalue weighted by Gasteiger charge is -2.22. The van der Waals surface area contributed by atoms with Crippen molar-refractivity contribution in [3.8, 4) is 0 Å². The molecule has 0 aromatic carbocycles. The molecule has 106 valence electrons. The lowest BCUT2D eigenvalue weighted by molar-refractivity contribution is -0.123. The van der Waals surface area contributed by atoms with Crippen molar-refractivity contribution in [2.45, 2.75) is 45.3 Å². The predicted molar refractivity (Wildman–Crippen MR) is 70.2 cm³/mol. The first-order valence-electron chi connectivity index (χ1n) is 6.84. The summed E-state index contributed by atoms with van der Waals surface area (Å²) in [7, 11) is 0. The van der Waals surface area contributed by atoms with Crippen molar-refractivity contribution in [3.05, 3.63) is 0 Å². The van der Waals surface area contributed by atoms with E-state index in [1.807, 2.05) is 13.8 Å². The molecule has 0 bridgehead atoms. The van der Waals surface area contributed by atoms with Gasteiger partial charge in [0.1, 0.15) is 0 Å². The maximum atomic E-state index is 11.6. The van der Waals surface area contributed by atoms with Gasteiger partial charge >= 0.3 is 0 Å². The minimum atomic E-state index is -0.415. The molecule has 1 amide bonds. The number of nitrogens with two attached hydrogens (primary N) is 1. The highest BCUT2D eigenvalue weighted by atomic mass is 16.5. The van der Waals surface area contributed by atoms with Crippen molar-refractivity contribution in [3.63, 3.8) is 0 Å². The van der Waals surface area contributed by atoms with E-state index in [0.29, 0.717) is 19.3 Å². The first-order valence-corrected chi connectivity index (χ1v) is 6.84. The zero-order chi connectivity index (χ0) is 13.4. The van der Waals surface area contributed by atoms with Crippen molar-refractivity contribution >= 4 is 5.91 Å². The first kappa shape index (κ1) is 15.4. The summed E-state index contributed by atoms with van der Waals surface area (Å²) in [6.07, 6.45) is 3.11.